The van der Waals surface area contributed by atoms with Crippen LogP contribution in [-0.2, 0) is 9.53 Å². The van der Waals surface area contributed by atoms with E-state index in [4.69, 9.17) is 14.5 Å². The molecule has 2 aromatic carbocycles. The molecule has 0 N–H and O–H groups in total. The standard InChI is InChI=1S/C26H26N2O4S/c1-5-19-22(25(30)31-4)23(17-11-7-6-8-12-17)28-24(29)21(33-26(28)27-19)15-18-13-9-10-14-20(18)32-16(2)3/h6-16,23H,5H2,1-4H3/b21-15+/t23-/m1/s1. The lowest BCUT2D eigenvalue weighted by Crippen LogP contribution is -2.40. The van der Waals surface area contributed by atoms with Crippen molar-refractivity contribution in [1.29, 1.82) is 0 Å². The van der Waals surface area contributed by atoms with Gasteiger partial charge in [-0.05, 0) is 38.0 Å². The third kappa shape index (κ3) is 4.41. The lowest BCUT2D eigenvalue weighted by Gasteiger charge is -2.25. The normalized spacial score (nSPS) is 15.9. The van der Waals surface area contributed by atoms with Crippen LogP contribution in [0.2, 0.25) is 0 Å². The average molecular weight is 463 g/mol. The first-order chi connectivity index (χ1) is 15.9. The van der Waals surface area contributed by atoms with E-state index in [1.165, 1.54) is 18.4 Å². The minimum Gasteiger partial charge on any atom is -0.490 e. The summed E-state index contributed by atoms with van der Waals surface area (Å²) in [6.07, 6.45) is 2.38. The number of aromatic nitrogens is 1. The number of ether oxygens (including phenoxy) is 2. The van der Waals surface area contributed by atoms with Gasteiger partial charge >= 0.3 is 5.97 Å². The van der Waals surface area contributed by atoms with Gasteiger partial charge in [0.1, 0.15) is 5.75 Å². The number of benzene rings is 2. The summed E-state index contributed by atoms with van der Waals surface area (Å²) < 4.78 is 13.1. The van der Waals surface area contributed by atoms with Crippen molar-refractivity contribution in [3.05, 3.63) is 96.7 Å². The quantitative estimate of drug-likeness (QED) is 0.525. The molecule has 0 radical (unpaired) electrons. The molecule has 0 spiro atoms. The highest BCUT2D eigenvalue weighted by Crippen LogP contribution is 2.31. The number of hydrogen-bond acceptors (Lipinski definition) is 6. The van der Waals surface area contributed by atoms with Gasteiger partial charge in [0.2, 0.25) is 0 Å². The molecule has 3 aromatic rings. The van der Waals surface area contributed by atoms with Crippen molar-refractivity contribution in [2.24, 2.45) is 4.99 Å². The Bertz CT molecular complexity index is 1380. The summed E-state index contributed by atoms with van der Waals surface area (Å²) in [5, 5.41) is 0. The number of carbonyl (C=O) groups is 1. The zero-order valence-electron chi connectivity index (χ0n) is 19.1. The van der Waals surface area contributed by atoms with Crippen molar-refractivity contribution in [2.45, 2.75) is 39.3 Å². The number of para-hydroxylation sites is 1. The van der Waals surface area contributed by atoms with Crippen LogP contribution < -0.4 is 19.6 Å². The average Bonchev–Trinajstić information content (AvgIpc) is 3.13. The Kier molecular flexibility index (Phi) is 6.60. The fourth-order valence-corrected chi connectivity index (χ4v) is 4.93. The topological polar surface area (TPSA) is 69.9 Å². The van der Waals surface area contributed by atoms with Gasteiger partial charge in [-0.25, -0.2) is 9.79 Å². The third-order valence-electron chi connectivity index (χ3n) is 5.33. The number of nitrogens with zero attached hydrogens (tertiary/aromatic N) is 2. The molecular weight excluding hydrogens is 436 g/mol. The van der Waals surface area contributed by atoms with Crippen molar-refractivity contribution < 1.29 is 14.3 Å². The molecule has 0 saturated heterocycles. The summed E-state index contributed by atoms with van der Waals surface area (Å²) in [4.78, 5) is 31.7. The predicted octanol–water partition coefficient (Wildman–Crippen LogP) is 3.59. The van der Waals surface area contributed by atoms with Crippen LogP contribution in [0.25, 0.3) is 6.08 Å². The second-order valence-corrected chi connectivity index (χ2v) is 8.91. The summed E-state index contributed by atoms with van der Waals surface area (Å²) in [6.45, 7) is 5.87. The van der Waals surface area contributed by atoms with Gasteiger partial charge in [0.05, 0.1) is 35.1 Å². The largest absolute Gasteiger partial charge is 0.490 e. The Morgan fingerprint density at radius 2 is 1.85 bits per heavy atom. The summed E-state index contributed by atoms with van der Waals surface area (Å²) in [5.41, 5.74) is 2.47. The maximum atomic E-state index is 13.7. The molecule has 1 aliphatic heterocycles. The van der Waals surface area contributed by atoms with Gasteiger partial charge < -0.3 is 9.47 Å². The SMILES string of the molecule is CCC1=C(C(=O)OC)[C@@H](c2ccccc2)n2c(s/c(=C/c3ccccc3OC(C)C)c2=O)=N1. The van der Waals surface area contributed by atoms with Gasteiger partial charge in [0, 0.05) is 5.56 Å². The summed E-state index contributed by atoms with van der Waals surface area (Å²) in [5.74, 6) is 0.233. The fourth-order valence-electron chi connectivity index (χ4n) is 3.92. The Labute approximate surface area is 196 Å². The predicted molar refractivity (Wildman–Crippen MR) is 129 cm³/mol. The van der Waals surface area contributed by atoms with Crippen LogP contribution >= 0.6 is 11.3 Å². The Morgan fingerprint density at radius 1 is 1.15 bits per heavy atom. The molecule has 0 unspecified atom stereocenters. The van der Waals surface area contributed by atoms with Crippen molar-refractivity contribution in [3.63, 3.8) is 0 Å². The lowest BCUT2D eigenvalue weighted by molar-refractivity contribution is -0.136. The zero-order chi connectivity index (χ0) is 23.5. The molecule has 1 atom stereocenters. The van der Waals surface area contributed by atoms with E-state index in [1.54, 1.807) is 4.57 Å². The van der Waals surface area contributed by atoms with Crippen LogP contribution in [0.15, 0.2) is 75.7 Å². The molecule has 0 amide bonds. The molecule has 0 saturated carbocycles. The highest BCUT2D eigenvalue weighted by atomic mass is 32.1. The van der Waals surface area contributed by atoms with Gasteiger partial charge in [-0.15, -0.1) is 0 Å². The molecule has 0 fully saturated rings. The van der Waals surface area contributed by atoms with Crippen molar-refractivity contribution in [2.75, 3.05) is 7.11 Å². The van der Waals surface area contributed by atoms with Crippen molar-refractivity contribution in [3.8, 4) is 5.75 Å². The fraction of sp³-hybridized carbons (Fsp3) is 0.269. The smallest absolute Gasteiger partial charge is 0.338 e. The van der Waals surface area contributed by atoms with Crippen molar-refractivity contribution in [1.82, 2.24) is 4.57 Å². The van der Waals surface area contributed by atoms with E-state index in [9.17, 15) is 9.59 Å². The highest BCUT2D eigenvalue weighted by Gasteiger charge is 2.33. The number of thiazole rings is 1. The van der Waals surface area contributed by atoms with Crippen molar-refractivity contribution >= 4 is 23.4 Å². The second kappa shape index (κ2) is 9.58. The van der Waals surface area contributed by atoms with Crippen LogP contribution in [0.3, 0.4) is 0 Å². The molecule has 170 valence electrons. The minimum atomic E-state index is -0.603. The monoisotopic (exact) mass is 462 g/mol. The third-order valence-corrected chi connectivity index (χ3v) is 6.32. The first-order valence-corrected chi connectivity index (χ1v) is 11.7. The highest BCUT2D eigenvalue weighted by molar-refractivity contribution is 7.07. The van der Waals surface area contributed by atoms with Gasteiger partial charge in [0.15, 0.2) is 4.80 Å². The second-order valence-electron chi connectivity index (χ2n) is 7.90. The Hall–Kier alpha value is -3.45. The lowest BCUT2D eigenvalue weighted by atomic mass is 9.95. The van der Waals surface area contributed by atoms with E-state index in [1.807, 2.05) is 81.4 Å². The van der Waals surface area contributed by atoms with Gasteiger partial charge in [-0.3, -0.25) is 9.36 Å². The van der Waals surface area contributed by atoms with E-state index in [2.05, 4.69) is 0 Å². The molecule has 0 aliphatic carbocycles. The summed E-state index contributed by atoms with van der Waals surface area (Å²) in [6, 6.07) is 16.5. The van der Waals surface area contributed by atoms with E-state index in [0.29, 0.717) is 32.8 Å². The molecular formula is C26H26N2O4S. The molecule has 7 heteroatoms. The molecule has 0 bridgehead atoms. The zero-order valence-corrected chi connectivity index (χ0v) is 19.9. The molecule has 33 heavy (non-hydrogen) atoms. The van der Waals surface area contributed by atoms with E-state index < -0.39 is 12.0 Å². The van der Waals surface area contributed by atoms with Gasteiger partial charge in [0.25, 0.3) is 5.56 Å². The summed E-state index contributed by atoms with van der Waals surface area (Å²) in [7, 11) is 1.35. The van der Waals surface area contributed by atoms with Crippen LogP contribution in [0.1, 0.15) is 44.4 Å². The number of fused-ring (bicyclic) bond motifs is 1. The maximum Gasteiger partial charge on any atom is 0.338 e. The molecule has 1 aliphatic rings. The number of methoxy groups -OCH3 is 1. The number of hydrogen-bond donors (Lipinski definition) is 0. The summed E-state index contributed by atoms with van der Waals surface area (Å²) >= 11 is 1.31. The number of allylic oxidation sites excluding steroid dienone is 1. The number of esters is 1. The minimum absolute atomic E-state index is 0.00794. The number of carbonyl (C=O) groups excluding carboxylic acids is 1. The van der Waals surface area contributed by atoms with Crippen LogP contribution in [0, 0.1) is 0 Å². The first-order valence-electron chi connectivity index (χ1n) is 10.9. The van der Waals surface area contributed by atoms with E-state index in [-0.39, 0.29) is 11.7 Å². The first kappa shape index (κ1) is 22.7. The Balaban J connectivity index is 1.97. The van der Waals surface area contributed by atoms with Gasteiger partial charge in [-0.2, -0.15) is 0 Å². The maximum absolute atomic E-state index is 13.7. The number of rotatable bonds is 6. The van der Waals surface area contributed by atoms with E-state index >= 15 is 0 Å². The molecule has 2 heterocycles. The van der Waals surface area contributed by atoms with E-state index in [0.717, 1.165) is 11.1 Å². The van der Waals surface area contributed by atoms with Crippen LogP contribution in [-0.4, -0.2) is 23.8 Å². The molecule has 4 rings (SSSR count). The molecule has 6 nitrogen and oxygen atoms in total. The molecule has 1 aromatic heterocycles. The van der Waals surface area contributed by atoms with Crippen LogP contribution in [0.4, 0.5) is 0 Å². The Morgan fingerprint density at radius 3 is 2.52 bits per heavy atom. The van der Waals surface area contributed by atoms with Gasteiger partial charge in [-0.1, -0.05) is 66.8 Å². The van der Waals surface area contributed by atoms with Crippen LogP contribution in [0.5, 0.6) is 5.75 Å².